The first kappa shape index (κ1) is 25.6. The molecule has 2 atom stereocenters. The fourth-order valence-corrected chi connectivity index (χ4v) is 4.41. The predicted octanol–water partition coefficient (Wildman–Crippen LogP) is 4.30. The number of likely N-dealkylation sites (tertiary alicyclic amines) is 1. The van der Waals surface area contributed by atoms with Crippen LogP contribution in [0.3, 0.4) is 0 Å². The highest BCUT2D eigenvalue weighted by molar-refractivity contribution is 6.44. The van der Waals surface area contributed by atoms with Crippen LogP contribution in [0.5, 0.6) is 5.75 Å². The van der Waals surface area contributed by atoms with E-state index in [4.69, 9.17) is 4.74 Å². The third-order valence-electron chi connectivity index (χ3n) is 6.26. The minimum atomic E-state index is -1.19. The Kier molecular flexibility index (Phi) is 8.93. The van der Waals surface area contributed by atoms with Gasteiger partial charge in [0.1, 0.15) is 17.5 Å². The van der Waals surface area contributed by atoms with Gasteiger partial charge in [0.25, 0.3) is 5.91 Å². The smallest absolute Gasteiger partial charge is 0.291 e. The summed E-state index contributed by atoms with van der Waals surface area (Å²) >= 11 is 0. The molecule has 1 heterocycles. The number of ketones is 2. The second-order valence-electron chi connectivity index (χ2n) is 8.46. The summed E-state index contributed by atoms with van der Waals surface area (Å²) in [6.45, 7) is 9.65. The Hall–Kier alpha value is -3.06. The topological polar surface area (TPSA) is 66.9 Å². The molecule has 0 bridgehead atoms. The third-order valence-corrected chi connectivity index (χ3v) is 6.26. The summed E-state index contributed by atoms with van der Waals surface area (Å²) < 4.78 is 19.2. The maximum absolute atomic E-state index is 13.4. The molecule has 2 aromatic carbocycles. The SMILES string of the molecule is CCCOc1cccc(C2C(C(=O)c3ccc(F)cc3)C(=O)C(=O)N2CCCN(CC)CC)c1. The lowest BCUT2D eigenvalue weighted by Gasteiger charge is -2.28. The molecular weight excluding hydrogens is 435 g/mol. The number of benzene rings is 2. The van der Waals surface area contributed by atoms with Crippen LogP contribution in [-0.4, -0.2) is 60.1 Å². The van der Waals surface area contributed by atoms with E-state index in [2.05, 4.69) is 18.7 Å². The summed E-state index contributed by atoms with van der Waals surface area (Å²) in [6.07, 6.45) is 1.52. The average molecular weight is 469 g/mol. The van der Waals surface area contributed by atoms with Crippen molar-refractivity contribution in [3.8, 4) is 5.75 Å². The van der Waals surface area contributed by atoms with Crippen LogP contribution in [0.2, 0.25) is 0 Å². The van der Waals surface area contributed by atoms with Crippen LogP contribution in [0.1, 0.15) is 55.6 Å². The number of halogens is 1. The van der Waals surface area contributed by atoms with Crippen molar-refractivity contribution >= 4 is 17.5 Å². The number of hydrogen-bond donors (Lipinski definition) is 0. The first-order chi connectivity index (χ1) is 16.4. The largest absolute Gasteiger partial charge is 0.494 e. The molecule has 1 aliphatic heterocycles. The molecule has 0 N–H and O–H groups in total. The summed E-state index contributed by atoms with van der Waals surface area (Å²) in [4.78, 5) is 43.4. The van der Waals surface area contributed by atoms with Crippen molar-refractivity contribution in [2.24, 2.45) is 5.92 Å². The predicted molar refractivity (Wildman–Crippen MR) is 128 cm³/mol. The van der Waals surface area contributed by atoms with E-state index in [9.17, 15) is 18.8 Å². The van der Waals surface area contributed by atoms with Crippen molar-refractivity contribution in [3.63, 3.8) is 0 Å². The Labute approximate surface area is 200 Å². The fraction of sp³-hybridized carbons (Fsp3) is 0.444. The molecule has 0 saturated carbocycles. The van der Waals surface area contributed by atoms with Gasteiger partial charge in [0.05, 0.1) is 12.6 Å². The molecule has 182 valence electrons. The lowest BCUT2D eigenvalue weighted by atomic mass is 9.86. The molecule has 0 aliphatic carbocycles. The van der Waals surface area contributed by atoms with E-state index in [1.54, 1.807) is 12.1 Å². The minimum Gasteiger partial charge on any atom is -0.494 e. The van der Waals surface area contributed by atoms with Crippen LogP contribution < -0.4 is 4.74 Å². The van der Waals surface area contributed by atoms with Gasteiger partial charge >= 0.3 is 0 Å². The van der Waals surface area contributed by atoms with Gasteiger partial charge in [0, 0.05) is 12.1 Å². The molecule has 0 radical (unpaired) electrons. The second-order valence-corrected chi connectivity index (χ2v) is 8.46. The Morgan fingerprint density at radius 3 is 2.41 bits per heavy atom. The zero-order valence-corrected chi connectivity index (χ0v) is 20.1. The molecular formula is C27H33FN2O4. The third kappa shape index (κ3) is 5.70. The van der Waals surface area contributed by atoms with Gasteiger partial charge in [-0.25, -0.2) is 4.39 Å². The molecule has 1 aliphatic rings. The quantitative estimate of drug-likeness (QED) is 0.264. The van der Waals surface area contributed by atoms with Gasteiger partial charge in [0.2, 0.25) is 5.78 Å². The zero-order valence-electron chi connectivity index (χ0n) is 20.1. The molecule has 6 nitrogen and oxygen atoms in total. The van der Waals surface area contributed by atoms with Gasteiger partial charge in [0.15, 0.2) is 5.78 Å². The number of rotatable bonds is 12. The van der Waals surface area contributed by atoms with Crippen LogP contribution in [0.25, 0.3) is 0 Å². The van der Waals surface area contributed by atoms with Crippen LogP contribution in [0.15, 0.2) is 48.5 Å². The number of amides is 1. The highest BCUT2D eigenvalue weighted by atomic mass is 19.1. The van der Waals surface area contributed by atoms with E-state index in [-0.39, 0.29) is 5.56 Å². The summed E-state index contributed by atoms with van der Waals surface area (Å²) in [5, 5.41) is 0. The summed E-state index contributed by atoms with van der Waals surface area (Å²) in [5.74, 6) is -2.88. The Morgan fingerprint density at radius 1 is 1.06 bits per heavy atom. The lowest BCUT2D eigenvalue weighted by Crippen LogP contribution is -2.34. The first-order valence-corrected chi connectivity index (χ1v) is 12.0. The van der Waals surface area contributed by atoms with E-state index in [1.165, 1.54) is 29.2 Å². The highest BCUT2D eigenvalue weighted by Crippen LogP contribution is 2.39. The molecule has 2 aromatic rings. The summed E-state index contributed by atoms with van der Waals surface area (Å²) in [5.41, 5.74) is 0.886. The van der Waals surface area contributed by atoms with Crippen molar-refractivity contribution in [1.29, 1.82) is 0 Å². The van der Waals surface area contributed by atoms with Crippen molar-refractivity contribution in [2.45, 2.75) is 39.7 Å². The maximum Gasteiger partial charge on any atom is 0.291 e. The first-order valence-electron chi connectivity index (χ1n) is 12.0. The summed E-state index contributed by atoms with van der Waals surface area (Å²) in [7, 11) is 0. The Morgan fingerprint density at radius 2 is 1.76 bits per heavy atom. The highest BCUT2D eigenvalue weighted by Gasteiger charge is 2.51. The fourth-order valence-electron chi connectivity index (χ4n) is 4.41. The zero-order chi connectivity index (χ0) is 24.7. The monoisotopic (exact) mass is 468 g/mol. The van der Waals surface area contributed by atoms with Crippen LogP contribution in [0.4, 0.5) is 4.39 Å². The number of hydrogen-bond acceptors (Lipinski definition) is 5. The summed E-state index contributed by atoms with van der Waals surface area (Å²) in [6, 6.07) is 11.6. The Balaban J connectivity index is 1.96. The van der Waals surface area contributed by atoms with Gasteiger partial charge in [-0.15, -0.1) is 0 Å². The molecule has 1 fully saturated rings. The van der Waals surface area contributed by atoms with Crippen molar-refractivity contribution in [1.82, 2.24) is 9.80 Å². The van der Waals surface area contributed by atoms with Gasteiger partial charge in [-0.3, -0.25) is 14.4 Å². The lowest BCUT2D eigenvalue weighted by molar-refractivity contribution is -0.140. The van der Waals surface area contributed by atoms with E-state index < -0.39 is 35.3 Å². The van der Waals surface area contributed by atoms with Crippen molar-refractivity contribution < 1.29 is 23.5 Å². The number of carbonyl (C=O) groups is 3. The van der Waals surface area contributed by atoms with Crippen LogP contribution >= 0.6 is 0 Å². The van der Waals surface area contributed by atoms with Gasteiger partial charge < -0.3 is 14.5 Å². The van der Waals surface area contributed by atoms with Gasteiger partial charge in [-0.2, -0.15) is 0 Å². The second kappa shape index (κ2) is 11.9. The minimum absolute atomic E-state index is 0.209. The molecule has 0 aromatic heterocycles. The van der Waals surface area contributed by atoms with Crippen LogP contribution in [0, 0.1) is 11.7 Å². The normalized spacial score (nSPS) is 18.1. The molecule has 7 heteroatoms. The molecule has 3 rings (SSSR count). The Bertz CT molecular complexity index is 1000. The average Bonchev–Trinajstić information content (AvgIpc) is 3.10. The number of Topliss-reactive ketones (excluding diaryl/α,β-unsaturated/α-hetero) is 2. The van der Waals surface area contributed by atoms with Gasteiger partial charge in [-0.05, 0) is 74.4 Å². The van der Waals surface area contributed by atoms with E-state index in [0.717, 1.165) is 26.1 Å². The number of ether oxygens (including phenoxy) is 1. The maximum atomic E-state index is 13.4. The van der Waals surface area contributed by atoms with Crippen LogP contribution in [-0.2, 0) is 9.59 Å². The standard InChI is InChI=1S/C27H33FN2O4/c1-4-17-34-22-10-7-9-20(18-22)24-23(25(31)19-11-13-21(28)14-12-19)26(32)27(33)30(24)16-8-15-29(5-2)6-3/h7,9-14,18,23-24H,4-6,8,15-17H2,1-3H3. The molecule has 34 heavy (non-hydrogen) atoms. The van der Waals surface area contributed by atoms with E-state index in [1.807, 2.05) is 19.1 Å². The van der Waals surface area contributed by atoms with E-state index >= 15 is 0 Å². The number of carbonyl (C=O) groups excluding carboxylic acids is 3. The van der Waals surface area contributed by atoms with Crippen molar-refractivity contribution in [2.75, 3.05) is 32.8 Å². The molecule has 1 saturated heterocycles. The van der Waals surface area contributed by atoms with E-state index in [0.29, 0.717) is 30.9 Å². The molecule has 1 amide bonds. The van der Waals surface area contributed by atoms with Crippen molar-refractivity contribution in [3.05, 3.63) is 65.5 Å². The molecule has 0 spiro atoms. The molecule has 2 unspecified atom stereocenters. The number of nitrogens with zero attached hydrogens (tertiary/aromatic N) is 2. The van der Waals surface area contributed by atoms with Gasteiger partial charge in [-0.1, -0.05) is 32.9 Å².